The molecule has 110 valence electrons. The molecule has 2 amide bonds. The maximum atomic E-state index is 12.1. The summed E-state index contributed by atoms with van der Waals surface area (Å²) in [6, 6.07) is 6.74. The lowest BCUT2D eigenvalue weighted by molar-refractivity contribution is -0.148. The van der Waals surface area contributed by atoms with E-state index in [9.17, 15) is 14.4 Å². The number of nitrogens with zero attached hydrogens (tertiary/aromatic N) is 1. The number of carbonyl (C=O) groups excluding carboxylic acids is 3. The third-order valence-corrected chi connectivity index (χ3v) is 4.13. The Morgan fingerprint density at radius 3 is 2.24 bits per heavy atom. The van der Waals surface area contributed by atoms with Gasteiger partial charge in [-0.3, -0.25) is 19.3 Å². The maximum Gasteiger partial charge on any atom is 0.308 e. The molecule has 0 aromatic heterocycles. The van der Waals surface area contributed by atoms with Gasteiger partial charge < -0.3 is 4.74 Å². The molecule has 3 rings (SSSR count). The van der Waals surface area contributed by atoms with Crippen LogP contribution < -0.4 is 0 Å². The lowest BCUT2D eigenvalue weighted by atomic mass is 10.1. The molecular weight excluding hydrogens is 270 g/mol. The van der Waals surface area contributed by atoms with Crippen molar-refractivity contribution in [1.82, 2.24) is 4.90 Å². The van der Waals surface area contributed by atoms with Gasteiger partial charge in [0, 0.05) is 0 Å². The standard InChI is InChI=1S/C16H17NO4/c18-14-12-7-3-4-8-13(12)15(19)17(14)9-10-21-16(20)11-5-1-2-6-11/h3-4,7-8,11H,1-2,5-6,9-10H2. The first-order valence-electron chi connectivity index (χ1n) is 7.30. The Kier molecular flexibility index (Phi) is 3.73. The van der Waals surface area contributed by atoms with Gasteiger partial charge in [0.25, 0.3) is 11.8 Å². The van der Waals surface area contributed by atoms with Gasteiger partial charge in [-0.1, -0.05) is 25.0 Å². The third kappa shape index (κ3) is 2.55. The highest BCUT2D eigenvalue weighted by atomic mass is 16.5. The van der Waals surface area contributed by atoms with Gasteiger partial charge in [-0.25, -0.2) is 0 Å². The van der Waals surface area contributed by atoms with Crippen molar-refractivity contribution in [3.05, 3.63) is 35.4 Å². The van der Waals surface area contributed by atoms with Crippen LogP contribution in [0, 0.1) is 5.92 Å². The molecule has 1 fully saturated rings. The molecule has 0 bridgehead atoms. The van der Waals surface area contributed by atoms with Crippen LogP contribution in [-0.2, 0) is 9.53 Å². The third-order valence-electron chi connectivity index (χ3n) is 4.13. The largest absolute Gasteiger partial charge is 0.464 e. The molecule has 1 saturated carbocycles. The van der Waals surface area contributed by atoms with E-state index >= 15 is 0 Å². The van der Waals surface area contributed by atoms with Crippen LogP contribution in [0.5, 0.6) is 0 Å². The first kappa shape index (κ1) is 13.8. The van der Waals surface area contributed by atoms with Crippen LogP contribution in [0.2, 0.25) is 0 Å². The number of fused-ring (bicyclic) bond motifs is 1. The van der Waals surface area contributed by atoms with Gasteiger partial charge in [0.15, 0.2) is 0 Å². The Morgan fingerprint density at radius 2 is 1.67 bits per heavy atom. The van der Waals surface area contributed by atoms with Gasteiger partial charge >= 0.3 is 5.97 Å². The number of benzene rings is 1. The second kappa shape index (κ2) is 5.68. The highest BCUT2D eigenvalue weighted by Crippen LogP contribution is 2.26. The van der Waals surface area contributed by atoms with Crippen LogP contribution in [0.25, 0.3) is 0 Å². The van der Waals surface area contributed by atoms with Gasteiger partial charge in [0.05, 0.1) is 23.6 Å². The highest BCUT2D eigenvalue weighted by molar-refractivity contribution is 6.21. The second-order valence-corrected chi connectivity index (χ2v) is 5.46. The van der Waals surface area contributed by atoms with E-state index in [-0.39, 0.29) is 36.9 Å². The second-order valence-electron chi connectivity index (χ2n) is 5.46. The molecule has 0 saturated heterocycles. The molecule has 21 heavy (non-hydrogen) atoms. The first-order valence-corrected chi connectivity index (χ1v) is 7.30. The van der Waals surface area contributed by atoms with Crippen molar-refractivity contribution in [3.63, 3.8) is 0 Å². The van der Waals surface area contributed by atoms with Crippen molar-refractivity contribution < 1.29 is 19.1 Å². The topological polar surface area (TPSA) is 63.7 Å². The summed E-state index contributed by atoms with van der Waals surface area (Å²) in [5, 5.41) is 0. The molecule has 1 aromatic rings. The number of amides is 2. The van der Waals surface area contributed by atoms with E-state index < -0.39 is 0 Å². The molecule has 5 nitrogen and oxygen atoms in total. The lowest BCUT2D eigenvalue weighted by Crippen LogP contribution is -2.34. The molecule has 0 atom stereocenters. The minimum atomic E-state index is -0.312. The van der Waals surface area contributed by atoms with E-state index in [0.717, 1.165) is 30.6 Å². The molecule has 1 heterocycles. The van der Waals surface area contributed by atoms with E-state index in [2.05, 4.69) is 0 Å². The quantitative estimate of drug-likeness (QED) is 0.628. The molecule has 1 aromatic carbocycles. The van der Waals surface area contributed by atoms with Gasteiger partial charge in [-0.15, -0.1) is 0 Å². The Bertz CT molecular complexity index is 555. The molecular formula is C16H17NO4. The molecule has 2 aliphatic rings. The van der Waals surface area contributed by atoms with Gasteiger partial charge in [-0.2, -0.15) is 0 Å². The average molecular weight is 287 g/mol. The summed E-state index contributed by atoms with van der Waals surface area (Å²) >= 11 is 0. The summed E-state index contributed by atoms with van der Waals surface area (Å²) in [4.78, 5) is 37.1. The summed E-state index contributed by atoms with van der Waals surface area (Å²) in [5.41, 5.74) is 0.842. The van der Waals surface area contributed by atoms with Crippen LogP contribution in [0.1, 0.15) is 46.4 Å². The van der Waals surface area contributed by atoms with Gasteiger partial charge in [-0.05, 0) is 25.0 Å². The summed E-state index contributed by atoms with van der Waals surface area (Å²) in [5.74, 6) is -0.837. The predicted octanol–water partition coefficient (Wildman–Crippen LogP) is 2.02. The van der Waals surface area contributed by atoms with Gasteiger partial charge in [0.1, 0.15) is 6.61 Å². The zero-order chi connectivity index (χ0) is 14.8. The van der Waals surface area contributed by atoms with E-state index in [0.29, 0.717) is 11.1 Å². The SMILES string of the molecule is O=C(OCCN1C(=O)c2ccccc2C1=O)C1CCCC1. The average Bonchev–Trinajstić information content (AvgIpc) is 3.11. The van der Waals surface area contributed by atoms with Crippen molar-refractivity contribution in [2.45, 2.75) is 25.7 Å². The number of rotatable bonds is 4. The summed E-state index contributed by atoms with van der Waals surface area (Å²) < 4.78 is 5.20. The number of ether oxygens (including phenoxy) is 1. The number of carbonyl (C=O) groups is 3. The van der Waals surface area contributed by atoms with Crippen molar-refractivity contribution in [2.75, 3.05) is 13.2 Å². The molecule has 1 aliphatic carbocycles. The number of imide groups is 1. The fourth-order valence-electron chi connectivity index (χ4n) is 2.96. The molecule has 0 N–H and O–H groups in total. The summed E-state index contributed by atoms with van der Waals surface area (Å²) in [6.45, 7) is 0.186. The van der Waals surface area contributed by atoms with E-state index in [4.69, 9.17) is 4.74 Å². The fraction of sp³-hybridized carbons (Fsp3) is 0.438. The zero-order valence-electron chi connectivity index (χ0n) is 11.7. The van der Waals surface area contributed by atoms with Crippen LogP contribution in [0.15, 0.2) is 24.3 Å². The van der Waals surface area contributed by atoms with Crippen LogP contribution in [0.4, 0.5) is 0 Å². The summed E-state index contributed by atoms with van der Waals surface area (Å²) in [7, 11) is 0. The lowest BCUT2D eigenvalue weighted by Gasteiger charge is -2.15. The van der Waals surface area contributed by atoms with E-state index in [1.165, 1.54) is 0 Å². The molecule has 5 heteroatoms. The smallest absolute Gasteiger partial charge is 0.308 e. The summed E-state index contributed by atoms with van der Waals surface area (Å²) in [6.07, 6.45) is 3.90. The Morgan fingerprint density at radius 1 is 1.10 bits per heavy atom. The first-order chi connectivity index (χ1) is 10.2. The monoisotopic (exact) mass is 287 g/mol. The number of esters is 1. The number of hydrogen-bond acceptors (Lipinski definition) is 4. The van der Waals surface area contributed by atoms with Crippen LogP contribution in [-0.4, -0.2) is 35.8 Å². The number of hydrogen-bond donors (Lipinski definition) is 0. The molecule has 1 aliphatic heterocycles. The highest BCUT2D eigenvalue weighted by Gasteiger charge is 2.35. The fourth-order valence-corrected chi connectivity index (χ4v) is 2.96. The van der Waals surface area contributed by atoms with Crippen molar-refractivity contribution in [2.24, 2.45) is 5.92 Å². The maximum absolute atomic E-state index is 12.1. The van der Waals surface area contributed by atoms with Gasteiger partial charge in [0.2, 0.25) is 0 Å². The van der Waals surface area contributed by atoms with Crippen molar-refractivity contribution in [1.29, 1.82) is 0 Å². The van der Waals surface area contributed by atoms with E-state index in [1.807, 2.05) is 0 Å². The zero-order valence-corrected chi connectivity index (χ0v) is 11.7. The minimum absolute atomic E-state index is 0.00724. The minimum Gasteiger partial charge on any atom is -0.464 e. The Labute approximate surface area is 122 Å². The predicted molar refractivity (Wildman–Crippen MR) is 74.7 cm³/mol. The van der Waals surface area contributed by atoms with Crippen LogP contribution >= 0.6 is 0 Å². The Hall–Kier alpha value is -2.17. The normalized spacial score (nSPS) is 18.2. The Balaban J connectivity index is 1.56. The van der Waals surface area contributed by atoms with E-state index in [1.54, 1.807) is 24.3 Å². The van der Waals surface area contributed by atoms with Crippen molar-refractivity contribution in [3.8, 4) is 0 Å². The molecule has 0 radical (unpaired) electrons. The van der Waals surface area contributed by atoms with Crippen molar-refractivity contribution >= 4 is 17.8 Å². The van der Waals surface area contributed by atoms with Crippen LogP contribution in [0.3, 0.4) is 0 Å². The molecule has 0 unspecified atom stereocenters. The molecule has 0 spiro atoms.